The number of rotatable bonds is 45. The van der Waals surface area contributed by atoms with Gasteiger partial charge in [-0.15, -0.1) is 0 Å². The highest BCUT2D eigenvalue weighted by Gasteiger charge is 2.53. The molecule has 57 heavy (non-hydrogen) atoms. The van der Waals surface area contributed by atoms with Gasteiger partial charge in [-0.05, 0) is 70.6 Å². The van der Waals surface area contributed by atoms with Gasteiger partial charge in [-0.3, -0.25) is 14.4 Å². The van der Waals surface area contributed by atoms with Crippen LogP contribution in [-0.4, -0.2) is 50.5 Å². The Balaban J connectivity index is 4.77. The van der Waals surface area contributed by atoms with E-state index in [1.807, 2.05) is 0 Å². The summed E-state index contributed by atoms with van der Waals surface area (Å²) in [7, 11) is 0. The van der Waals surface area contributed by atoms with Crippen LogP contribution in [0.1, 0.15) is 265 Å². The summed E-state index contributed by atoms with van der Waals surface area (Å²) in [4.78, 5) is 39.9. The fourth-order valence-electron chi connectivity index (χ4n) is 7.76. The van der Waals surface area contributed by atoms with Crippen molar-refractivity contribution < 1.29 is 29.7 Å². The van der Waals surface area contributed by atoms with Gasteiger partial charge in [-0.1, -0.05) is 199 Å². The first-order valence-electron chi connectivity index (χ1n) is 24.7. The summed E-state index contributed by atoms with van der Waals surface area (Å²) < 4.78 is 0. The summed E-state index contributed by atoms with van der Waals surface area (Å²) in [5, 5.41) is 33.9. The number of aliphatic hydroxyl groups excluding tert-OH is 2. The molecule has 0 heterocycles. The van der Waals surface area contributed by atoms with Crippen LogP contribution in [0.4, 0.5) is 0 Å². The first-order chi connectivity index (χ1) is 27.8. The predicted molar refractivity (Wildman–Crippen MR) is 243 cm³/mol. The normalized spacial score (nSPS) is 14.1. The number of ketones is 3. The van der Waals surface area contributed by atoms with Crippen LogP contribution in [0.5, 0.6) is 0 Å². The van der Waals surface area contributed by atoms with Gasteiger partial charge in [0.25, 0.3) is 0 Å². The van der Waals surface area contributed by atoms with Crippen molar-refractivity contribution in [3.63, 3.8) is 0 Å². The Bertz CT molecular complexity index is 928. The van der Waals surface area contributed by atoms with Crippen molar-refractivity contribution in [1.82, 2.24) is 0 Å². The number of hydrogen-bond donors (Lipinski definition) is 3. The molecule has 3 N–H and O–H groups in total. The van der Waals surface area contributed by atoms with E-state index in [2.05, 4.69) is 45.1 Å². The topological polar surface area (TPSA) is 112 Å². The van der Waals surface area contributed by atoms with E-state index in [0.717, 1.165) is 103 Å². The third kappa shape index (κ3) is 31.0. The smallest absolute Gasteiger partial charge is 0.189 e. The van der Waals surface area contributed by atoms with E-state index in [-0.39, 0.29) is 19.3 Å². The van der Waals surface area contributed by atoms with Crippen LogP contribution in [-0.2, 0) is 14.4 Å². The van der Waals surface area contributed by atoms with Gasteiger partial charge in [0.05, 0.1) is 0 Å². The lowest BCUT2D eigenvalue weighted by atomic mass is 9.78. The Morgan fingerprint density at radius 3 is 0.877 bits per heavy atom. The Labute approximate surface area is 352 Å². The maximum absolute atomic E-state index is 13.5. The van der Waals surface area contributed by atoms with Gasteiger partial charge in [0.15, 0.2) is 35.2 Å². The molecule has 0 bridgehead atoms. The molecule has 334 valence electrons. The molecule has 0 radical (unpaired) electrons. The third-order valence-corrected chi connectivity index (χ3v) is 11.8. The molecule has 0 aromatic carbocycles. The Kier molecular flexibility index (Phi) is 39.9. The number of hydrogen-bond acceptors (Lipinski definition) is 6. The molecule has 0 aliphatic heterocycles. The molecule has 0 aromatic heterocycles. The number of carbonyl (C=O) groups excluding carboxylic acids is 3. The van der Waals surface area contributed by atoms with Crippen LogP contribution in [0.25, 0.3) is 0 Å². The van der Waals surface area contributed by atoms with E-state index in [9.17, 15) is 29.7 Å². The van der Waals surface area contributed by atoms with Crippen LogP contribution < -0.4 is 0 Å². The van der Waals surface area contributed by atoms with E-state index < -0.39 is 35.2 Å². The Morgan fingerprint density at radius 2 is 0.596 bits per heavy atom. The quantitative estimate of drug-likeness (QED) is 0.0417. The second kappa shape index (κ2) is 41.1. The molecular weight excluding hydrogens is 709 g/mol. The Hall–Kier alpha value is -1.63. The summed E-state index contributed by atoms with van der Waals surface area (Å²) in [6.07, 6.45) is 43.4. The van der Waals surface area contributed by atoms with Crippen molar-refractivity contribution in [3.8, 4) is 0 Å². The van der Waals surface area contributed by atoms with E-state index in [0.29, 0.717) is 19.3 Å². The maximum atomic E-state index is 13.5. The second-order valence-corrected chi connectivity index (χ2v) is 17.2. The lowest BCUT2D eigenvalue weighted by molar-refractivity contribution is -0.181. The van der Waals surface area contributed by atoms with Gasteiger partial charge in [0.2, 0.25) is 0 Å². The minimum atomic E-state index is -2.81. The standard InChI is InChI=1S/C51H94O6/c1-4-7-10-13-16-19-21-23-25-27-29-32-34-37-40-43-46(52)49(55)51(57,48(54)45-42-39-36-31-18-15-12-9-6-3)50(56)47(53)44-41-38-35-33-30-28-26-24-22-20-17-14-11-8-5-2/h23-26,49-50,55-57H,4-22,27-45H2,1-3H3/b25-23-,26-24-. The lowest BCUT2D eigenvalue weighted by Gasteiger charge is -2.34. The summed E-state index contributed by atoms with van der Waals surface area (Å²) >= 11 is 0. The monoisotopic (exact) mass is 803 g/mol. The number of unbranched alkanes of at least 4 members (excludes halogenated alkanes) is 30. The molecule has 0 saturated heterocycles. The summed E-state index contributed by atoms with van der Waals surface area (Å²) in [6.45, 7) is 6.69. The number of Topliss-reactive ketones (excluding diaryl/α,β-unsaturated/α-hetero) is 3. The highest BCUT2D eigenvalue weighted by atomic mass is 16.4. The van der Waals surface area contributed by atoms with Crippen LogP contribution >= 0.6 is 0 Å². The average Bonchev–Trinajstić information content (AvgIpc) is 3.21. The molecule has 0 aliphatic carbocycles. The molecule has 0 spiro atoms. The summed E-state index contributed by atoms with van der Waals surface area (Å²) in [6, 6.07) is 0. The zero-order valence-electron chi connectivity index (χ0n) is 37.9. The fraction of sp³-hybridized carbons (Fsp3) is 0.863. The van der Waals surface area contributed by atoms with Crippen molar-refractivity contribution in [2.24, 2.45) is 0 Å². The highest BCUT2D eigenvalue weighted by Crippen LogP contribution is 2.26. The van der Waals surface area contributed by atoms with Crippen LogP contribution in [0.15, 0.2) is 24.3 Å². The molecule has 0 fully saturated rings. The molecule has 0 aromatic rings. The Morgan fingerprint density at radius 1 is 0.368 bits per heavy atom. The van der Waals surface area contributed by atoms with Crippen molar-refractivity contribution >= 4 is 17.3 Å². The summed E-state index contributed by atoms with van der Waals surface area (Å²) in [5.41, 5.74) is -2.81. The van der Waals surface area contributed by atoms with Crippen LogP contribution in [0.2, 0.25) is 0 Å². The van der Waals surface area contributed by atoms with E-state index in [4.69, 9.17) is 0 Å². The lowest BCUT2D eigenvalue weighted by Crippen LogP contribution is -2.63. The summed E-state index contributed by atoms with van der Waals surface area (Å²) in [5.74, 6) is -2.16. The number of allylic oxidation sites excluding steroid dienone is 4. The molecular formula is C51H94O6. The van der Waals surface area contributed by atoms with Crippen molar-refractivity contribution in [3.05, 3.63) is 24.3 Å². The van der Waals surface area contributed by atoms with Crippen LogP contribution in [0.3, 0.4) is 0 Å². The van der Waals surface area contributed by atoms with Gasteiger partial charge in [-0.2, -0.15) is 0 Å². The van der Waals surface area contributed by atoms with Crippen molar-refractivity contribution in [1.29, 1.82) is 0 Å². The van der Waals surface area contributed by atoms with Gasteiger partial charge in [-0.25, -0.2) is 0 Å². The van der Waals surface area contributed by atoms with Gasteiger partial charge in [0, 0.05) is 19.3 Å². The minimum absolute atomic E-state index is 0.00208. The molecule has 6 nitrogen and oxygen atoms in total. The van der Waals surface area contributed by atoms with Crippen molar-refractivity contribution in [2.75, 3.05) is 0 Å². The average molecular weight is 803 g/mol. The molecule has 0 saturated carbocycles. The zero-order valence-corrected chi connectivity index (χ0v) is 37.9. The van der Waals surface area contributed by atoms with Gasteiger partial charge in [0.1, 0.15) is 0 Å². The van der Waals surface area contributed by atoms with E-state index >= 15 is 0 Å². The largest absolute Gasteiger partial charge is 0.382 e. The molecule has 0 amide bonds. The van der Waals surface area contributed by atoms with Crippen LogP contribution in [0, 0.1) is 0 Å². The zero-order chi connectivity index (χ0) is 42.1. The molecule has 0 aliphatic rings. The fourth-order valence-corrected chi connectivity index (χ4v) is 7.76. The number of carbonyl (C=O) groups is 3. The second-order valence-electron chi connectivity index (χ2n) is 17.2. The number of aliphatic hydroxyl groups is 3. The first kappa shape index (κ1) is 55.4. The predicted octanol–water partition coefficient (Wildman–Crippen LogP) is 14.1. The molecule has 0 rings (SSSR count). The molecule has 6 heteroatoms. The molecule has 2 atom stereocenters. The van der Waals surface area contributed by atoms with E-state index in [1.165, 1.54) is 103 Å². The highest BCUT2D eigenvalue weighted by molar-refractivity contribution is 6.01. The van der Waals surface area contributed by atoms with Crippen molar-refractivity contribution in [2.45, 2.75) is 283 Å². The van der Waals surface area contributed by atoms with Gasteiger partial charge < -0.3 is 15.3 Å². The molecule has 2 unspecified atom stereocenters. The van der Waals surface area contributed by atoms with Gasteiger partial charge >= 0.3 is 0 Å². The SMILES string of the molecule is CCCCCCCC/C=C\CCCCCCCC(=O)C(O)C(O)(C(=O)CCCCCCCCCCC)C(O)C(=O)CCCCCCC/C=C\CCCCCCCC. The van der Waals surface area contributed by atoms with E-state index in [1.54, 1.807) is 0 Å². The maximum Gasteiger partial charge on any atom is 0.189 e. The third-order valence-electron chi connectivity index (χ3n) is 11.8. The minimum Gasteiger partial charge on any atom is -0.382 e. The first-order valence-corrected chi connectivity index (χ1v) is 24.7.